The molecular formula is C14H19FN2O3. The Morgan fingerprint density at radius 3 is 2.60 bits per heavy atom. The van der Waals surface area contributed by atoms with Gasteiger partial charge >= 0.3 is 5.97 Å². The van der Waals surface area contributed by atoms with Gasteiger partial charge in [-0.1, -0.05) is 0 Å². The van der Waals surface area contributed by atoms with Gasteiger partial charge < -0.3 is 15.7 Å². The highest BCUT2D eigenvalue weighted by molar-refractivity contribution is 5.99. The summed E-state index contributed by atoms with van der Waals surface area (Å²) in [6.45, 7) is 3.92. The first kappa shape index (κ1) is 15.9. The van der Waals surface area contributed by atoms with E-state index in [2.05, 4.69) is 0 Å². The van der Waals surface area contributed by atoms with Gasteiger partial charge in [0.25, 0.3) is 5.91 Å². The van der Waals surface area contributed by atoms with Crippen LogP contribution in [0, 0.1) is 5.82 Å². The highest BCUT2D eigenvalue weighted by Gasteiger charge is 2.21. The average Bonchev–Trinajstić information content (AvgIpc) is 2.36. The van der Waals surface area contributed by atoms with Crippen LogP contribution in [0.4, 0.5) is 10.1 Å². The number of nitrogens with zero attached hydrogens (tertiary/aromatic N) is 1. The summed E-state index contributed by atoms with van der Waals surface area (Å²) in [6, 6.07) is 3.51. The van der Waals surface area contributed by atoms with Gasteiger partial charge in [-0.2, -0.15) is 0 Å². The lowest BCUT2D eigenvalue weighted by atomic mass is 10.1. The van der Waals surface area contributed by atoms with Crippen LogP contribution in [0.15, 0.2) is 18.2 Å². The number of benzene rings is 1. The van der Waals surface area contributed by atoms with Crippen molar-refractivity contribution in [2.75, 3.05) is 12.3 Å². The van der Waals surface area contributed by atoms with Crippen LogP contribution in [-0.2, 0) is 4.79 Å². The summed E-state index contributed by atoms with van der Waals surface area (Å²) in [5.74, 6) is -1.83. The number of anilines is 1. The quantitative estimate of drug-likeness (QED) is 0.783. The molecule has 0 unspecified atom stereocenters. The minimum absolute atomic E-state index is 0.0187. The zero-order valence-electron chi connectivity index (χ0n) is 11.6. The number of halogens is 1. The van der Waals surface area contributed by atoms with Gasteiger partial charge in [-0.25, -0.2) is 4.39 Å². The van der Waals surface area contributed by atoms with Crippen molar-refractivity contribution < 1.29 is 19.1 Å². The molecule has 1 aromatic carbocycles. The lowest BCUT2D eigenvalue weighted by Gasteiger charge is -2.27. The highest BCUT2D eigenvalue weighted by atomic mass is 19.1. The number of carboxylic acids is 1. The van der Waals surface area contributed by atoms with Crippen molar-refractivity contribution in [1.29, 1.82) is 0 Å². The first-order valence-electron chi connectivity index (χ1n) is 6.40. The van der Waals surface area contributed by atoms with E-state index in [0.29, 0.717) is 13.0 Å². The summed E-state index contributed by atoms with van der Waals surface area (Å²) >= 11 is 0. The van der Waals surface area contributed by atoms with E-state index in [4.69, 9.17) is 10.8 Å². The molecule has 0 heterocycles. The van der Waals surface area contributed by atoms with Gasteiger partial charge in [0.1, 0.15) is 5.82 Å². The Morgan fingerprint density at radius 1 is 1.40 bits per heavy atom. The van der Waals surface area contributed by atoms with Gasteiger partial charge in [0, 0.05) is 24.7 Å². The molecule has 0 aliphatic heterocycles. The Hall–Kier alpha value is -2.11. The number of hydrogen-bond acceptors (Lipinski definition) is 3. The SMILES string of the molecule is CC(C)N(CCCC(=O)O)C(=O)c1cc(F)ccc1N. The predicted molar refractivity (Wildman–Crippen MR) is 73.9 cm³/mol. The molecule has 0 bridgehead atoms. The van der Waals surface area contributed by atoms with E-state index in [0.717, 1.165) is 6.07 Å². The first-order valence-corrected chi connectivity index (χ1v) is 6.40. The Kier molecular flexibility index (Phi) is 5.49. The summed E-state index contributed by atoms with van der Waals surface area (Å²) in [6.07, 6.45) is 0.323. The fourth-order valence-electron chi connectivity index (χ4n) is 1.86. The van der Waals surface area contributed by atoms with Crippen molar-refractivity contribution in [1.82, 2.24) is 4.90 Å². The number of hydrogen-bond donors (Lipinski definition) is 2. The lowest BCUT2D eigenvalue weighted by molar-refractivity contribution is -0.137. The van der Waals surface area contributed by atoms with E-state index < -0.39 is 11.8 Å². The third-order valence-corrected chi connectivity index (χ3v) is 2.92. The minimum Gasteiger partial charge on any atom is -0.481 e. The molecule has 5 nitrogen and oxygen atoms in total. The summed E-state index contributed by atoms with van der Waals surface area (Å²) < 4.78 is 13.2. The standard InChI is InChI=1S/C14H19FN2O3/c1-9(2)17(7-3-4-13(18)19)14(20)11-8-10(15)5-6-12(11)16/h5-6,8-9H,3-4,7,16H2,1-2H3,(H,18,19). The van der Waals surface area contributed by atoms with E-state index in [-0.39, 0.29) is 29.6 Å². The first-order chi connectivity index (χ1) is 9.32. The van der Waals surface area contributed by atoms with Gasteiger partial charge in [-0.3, -0.25) is 9.59 Å². The second-order valence-electron chi connectivity index (χ2n) is 4.82. The number of carbonyl (C=O) groups is 2. The van der Waals surface area contributed by atoms with Crippen molar-refractivity contribution in [3.05, 3.63) is 29.6 Å². The molecular weight excluding hydrogens is 263 g/mol. The van der Waals surface area contributed by atoms with E-state index in [1.165, 1.54) is 17.0 Å². The molecule has 0 saturated heterocycles. The Morgan fingerprint density at radius 2 is 2.05 bits per heavy atom. The van der Waals surface area contributed by atoms with E-state index >= 15 is 0 Å². The molecule has 20 heavy (non-hydrogen) atoms. The molecule has 1 aromatic rings. The predicted octanol–water partition coefficient (Wildman–Crippen LogP) is 2.12. The van der Waals surface area contributed by atoms with Gasteiger partial charge in [0.2, 0.25) is 0 Å². The number of carboxylic acid groups (broad SMARTS) is 1. The summed E-state index contributed by atoms with van der Waals surface area (Å²) in [5, 5.41) is 8.63. The van der Waals surface area contributed by atoms with Crippen LogP contribution in [0.25, 0.3) is 0 Å². The maximum absolute atomic E-state index is 13.2. The largest absolute Gasteiger partial charge is 0.481 e. The zero-order chi connectivity index (χ0) is 15.3. The van der Waals surface area contributed by atoms with E-state index in [9.17, 15) is 14.0 Å². The van der Waals surface area contributed by atoms with Crippen molar-refractivity contribution in [3.8, 4) is 0 Å². The topological polar surface area (TPSA) is 83.6 Å². The van der Waals surface area contributed by atoms with Crippen LogP contribution in [0.3, 0.4) is 0 Å². The second kappa shape index (κ2) is 6.88. The van der Waals surface area contributed by atoms with Gasteiger partial charge in [0.15, 0.2) is 0 Å². The van der Waals surface area contributed by atoms with E-state index in [1.54, 1.807) is 0 Å². The molecule has 110 valence electrons. The summed E-state index contributed by atoms with van der Waals surface area (Å²) in [4.78, 5) is 24.4. The van der Waals surface area contributed by atoms with Crippen LogP contribution in [0.1, 0.15) is 37.0 Å². The zero-order valence-corrected chi connectivity index (χ0v) is 11.6. The fraction of sp³-hybridized carbons (Fsp3) is 0.429. The van der Waals surface area contributed by atoms with Crippen LogP contribution in [0.5, 0.6) is 0 Å². The van der Waals surface area contributed by atoms with Gasteiger partial charge in [0.05, 0.1) is 5.56 Å². The van der Waals surface area contributed by atoms with Crippen molar-refractivity contribution in [2.24, 2.45) is 0 Å². The molecule has 0 fully saturated rings. The summed E-state index contributed by atoms with van der Waals surface area (Å²) in [7, 11) is 0. The third kappa shape index (κ3) is 4.22. The monoisotopic (exact) mass is 282 g/mol. The Bertz CT molecular complexity index is 503. The van der Waals surface area contributed by atoms with Crippen LogP contribution in [-0.4, -0.2) is 34.5 Å². The average molecular weight is 282 g/mol. The molecule has 0 spiro atoms. The Labute approximate surface area is 117 Å². The van der Waals surface area contributed by atoms with Crippen LogP contribution in [0.2, 0.25) is 0 Å². The van der Waals surface area contributed by atoms with E-state index in [1.807, 2.05) is 13.8 Å². The van der Waals surface area contributed by atoms with Crippen LogP contribution < -0.4 is 5.73 Å². The highest BCUT2D eigenvalue weighted by Crippen LogP contribution is 2.17. The molecule has 0 aromatic heterocycles. The molecule has 0 atom stereocenters. The summed E-state index contributed by atoms with van der Waals surface area (Å²) in [5.41, 5.74) is 6.01. The number of nitrogens with two attached hydrogens (primary N) is 1. The number of rotatable bonds is 6. The van der Waals surface area contributed by atoms with Gasteiger partial charge in [-0.15, -0.1) is 0 Å². The number of aliphatic carboxylic acids is 1. The molecule has 0 radical (unpaired) electrons. The fourth-order valence-corrected chi connectivity index (χ4v) is 1.86. The maximum Gasteiger partial charge on any atom is 0.303 e. The van der Waals surface area contributed by atoms with Crippen LogP contribution >= 0.6 is 0 Å². The van der Waals surface area contributed by atoms with Crippen molar-refractivity contribution in [3.63, 3.8) is 0 Å². The number of nitrogen functional groups attached to an aromatic ring is 1. The molecule has 0 saturated carbocycles. The normalized spacial score (nSPS) is 10.6. The third-order valence-electron chi connectivity index (χ3n) is 2.92. The smallest absolute Gasteiger partial charge is 0.303 e. The minimum atomic E-state index is -0.911. The maximum atomic E-state index is 13.2. The Balaban J connectivity index is 2.88. The molecule has 6 heteroatoms. The molecule has 1 amide bonds. The second-order valence-corrected chi connectivity index (χ2v) is 4.82. The number of amides is 1. The molecule has 0 aliphatic rings. The number of carbonyl (C=O) groups excluding carboxylic acids is 1. The van der Waals surface area contributed by atoms with Crippen molar-refractivity contribution in [2.45, 2.75) is 32.7 Å². The molecule has 0 aliphatic carbocycles. The molecule has 3 N–H and O–H groups in total. The van der Waals surface area contributed by atoms with Gasteiger partial charge in [-0.05, 0) is 38.5 Å². The molecule has 1 rings (SSSR count). The lowest BCUT2D eigenvalue weighted by Crippen LogP contribution is -2.38. The van der Waals surface area contributed by atoms with Crippen molar-refractivity contribution >= 4 is 17.6 Å².